The summed E-state index contributed by atoms with van der Waals surface area (Å²) in [5, 5.41) is 9.39. The van der Waals surface area contributed by atoms with E-state index in [9.17, 15) is 0 Å². The van der Waals surface area contributed by atoms with Gasteiger partial charge in [-0.15, -0.1) is 45.6 Å². The van der Waals surface area contributed by atoms with E-state index in [4.69, 9.17) is 39.9 Å². The van der Waals surface area contributed by atoms with Crippen LogP contribution in [-0.2, 0) is 59.8 Å². The van der Waals surface area contributed by atoms with Gasteiger partial charge in [0.25, 0.3) is 0 Å². The fourth-order valence-electron chi connectivity index (χ4n) is 22.0. The van der Waals surface area contributed by atoms with Crippen molar-refractivity contribution in [3.63, 3.8) is 0 Å². The van der Waals surface area contributed by atoms with E-state index in [2.05, 4.69) is 415 Å². The molecule has 0 bridgehead atoms. The van der Waals surface area contributed by atoms with Gasteiger partial charge in [0, 0.05) is 74.3 Å². The zero-order chi connectivity index (χ0) is 92.5. The number of aromatic nitrogens is 4. The largest absolute Gasteiger partial charge is 0.656 e. The number of aliphatic imine (C=N–C) groups is 4. The molecule has 8 nitrogen and oxygen atoms in total. The van der Waals surface area contributed by atoms with Crippen LogP contribution < -0.4 is 19.9 Å². The summed E-state index contributed by atoms with van der Waals surface area (Å²) < 4.78 is 4.27. The first-order chi connectivity index (χ1) is 64.8. The number of hydrogen-bond donors (Lipinski definition) is 0. The van der Waals surface area contributed by atoms with Crippen molar-refractivity contribution < 1.29 is 34.1 Å². The Morgan fingerprint density at radius 3 is 0.794 bits per heavy atom. The molecule has 0 spiro atoms. The van der Waals surface area contributed by atoms with Crippen molar-refractivity contribution in [3.05, 3.63) is 440 Å². The van der Waals surface area contributed by atoms with Crippen molar-refractivity contribution in [2.24, 2.45) is 20.0 Å². The van der Waals surface area contributed by atoms with Gasteiger partial charge < -0.3 is 19.9 Å². The second kappa shape index (κ2) is 38.0. The summed E-state index contributed by atoms with van der Waals surface area (Å²) in [6.45, 7) is 30.4. The van der Waals surface area contributed by atoms with E-state index < -0.39 is 0 Å². The fourth-order valence-corrected chi connectivity index (χ4v) is 23.4. The molecule has 682 valence electrons. The van der Waals surface area contributed by atoms with Crippen molar-refractivity contribution in [3.8, 4) is 45.0 Å². The van der Waals surface area contributed by atoms with Crippen LogP contribution in [0.4, 0.5) is 0 Å². The Balaban J connectivity index is 0.000000116. The molecule has 12 aromatic carbocycles. The number of aryl methyl sites for hydroxylation is 16. The standard InChI is InChI=1S/2C31H26BrN2.2C30H24BrN2.2Cu/c2*1-17-13-18(2)28(19(3)14-17)31-26-16-23(32)11-12-25(26)29(34-31)20(4)27-15-22-10-9-21-7-5-6-8-24(21)30(22)33-27;2*1-17-12-18(2)28(19(3)13-17)30-26-15-22(31)10-11-25(26)27(33-30)16-23-14-21-9-8-20-6-4-5-7-24(20)29(21)32-23;;/h2*5-8,11-16H,9-10H2,1-4H3;2*4-7,10-16H,8-9H2,1-3H3;;/q4*-1;;. The van der Waals surface area contributed by atoms with Crippen LogP contribution in [-0.4, -0.2) is 22.8 Å². The van der Waals surface area contributed by atoms with E-state index >= 15 is 0 Å². The molecular formula is C122H100Br4Cu2N8-4. The normalized spacial score (nSPS) is 15.9. The molecule has 0 atom stereocenters. The average Bonchev–Trinajstić information content (AvgIpc) is 1.61. The van der Waals surface area contributed by atoms with Crippen molar-refractivity contribution in [1.29, 1.82) is 0 Å². The Kier molecular flexibility index (Phi) is 26.1. The van der Waals surface area contributed by atoms with Gasteiger partial charge >= 0.3 is 0 Å². The summed E-state index contributed by atoms with van der Waals surface area (Å²) >= 11 is 14.7. The number of fused-ring (bicyclic) bond motifs is 16. The Hall–Kier alpha value is -11.6. The number of allylic oxidation sites excluding steroid dienone is 10. The van der Waals surface area contributed by atoms with Gasteiger partial charge in [0.05, 0.1) is 45.6 Å². The minimum atomic E-state index is 0. The number of hydrogen-bond acceptors (Lipinski definition) is 4. The maximum atomic E-state index is 5.28. The van der Waals surface area contributed by atoms with E-state index in [0.29, 0.717) is 0 Å². The van der Waals surface area contributed by atoms with Crippen LogP contribution in [0.2, 0.25) is 0 Å². The van der Waals surface area contributed by atoms with E-state index in [-0.39, 0.29) is 34.1 Å². The van der Waals surface area contributed by atoms with Crippen LogP contribution in [0.1, 0.15) is 174 Å². The van der Waals surface area contributed by atoms with Crippen LogP contribution in [0.5, 0.6) is 0 Å². The molecule has 24 rings (SSSR count). The Bertz CT molecular complexity index is 7630. The van der Waals surface area contributed by atoms with E-state index in [1.54, 1.807) is 0 Å². The predicted octanol–water partition coefficient (Wildman–Crippen LogP) is 32.2. The van der Waals surface area contributed by atoms with Crippen LogP contribution in [0.15, 0.2) is 326 Å². The van der Waals surface area contributed by atoms with Gasteiger partial charge in [0.2, 0.25) is 0 Å². The van der Waals surface area contributed by atoms with Crippen LogP contribution in [0.25, 0.3) is 111 Å². The SMILES string of the molecule is CC(=C1C=C2CCc3ccccc3C2=N1)c1[n-]c(-c2c(C)cc(C)cc2C)c2cc(Br)ccc12.CC(=C1C=C2CCc3ccccc3C2=N1)c1[n-]c(-c2c(C)cc(C)cc2C)c2cc(Br)ccc12.Cc1cc(C)c(-c2[n-]c(C=C3C=C4CCc5ccccc5C4=N3)c3ccc(Br)cc23)c(C)c1.Cc1cc(C)c(-c2[n-]c(C=C3C=C4CCc5ccccc5C4=N3)c3ccc(Br)cc23)c(C)c1.[Cu].[Cu]. The number of benzene rings is 12. The van der Waals surface area contributed by atoms with Gasteiger partial charge in [0.1, 0.15) is 0 Å². The van der Waals surface area contributed by atoms with Gasteiger partial charge in [-0.2, -0.15) is 0 Å². The molecule has 0 amide bonds. The molecule has 8 aliphatic rings. The van der Waals surface area contributed by atoms with Crippen molar-refractivity contribution in [2.45, 2.75) is 148 Å². The van der Waals surface area contributed by atoms with Crippen LogP contribution >= 0.6 is 63.7 Å². The summed E-state index contributed by atoms with van der Waals surface area (Å²) in [5.74, 6) is 0. The topological polar surface area (TPSA) is 106 Å². The van der Waals surface area contributed by atoms with Crippen LogP contribution in [0.3, 0.4) is 0 Å². The minimum Gasteiger partial charge on any atom is -0.656 e. The third-order valence-electron chi connectivity index (χ3n) is 27.8. The summed E-state index contributed by atoms with van der Waals surface area (Å²) in [4.78, 5) is 41.3. The first-order valence-corrected chi connectivity index (χ1v) is 49.7. The molecule has 4 aliphatic carbocycles. The molecule has 0 saturated carbocycles. The number of nitrogens with zero attached hydrogens (tertiary/aromatic N) is 8. The molecule has 0 saturated heterocycles. The van der Waals surface area contributed by atoms with E-state index in [1.807, 2.05) is 0 Å². The van der Waals surface area contributed by atoms with Gasteiger partial charge in [-0.25, -0.2) is 20.0 Å². The maximum absolute atomic E-state index is 5.28. The summed E-state index contributed by atoms with van der Waals surface area (Å²) in [6, 6.07) is 78.5. The number of halogens is 4. The molecule has 4 aromatic heterocycles. The first kappa shape index (κ1) is 93.4. The molecule has 0 N–H and O–H groups in total. The average molecular weight is 2120 g/mol. The Morgan fingerprint density at radius 2 is 0.507 bits per heavy atom. The first-order valence-electron chi connectivity index (χ1n) is 46.5. The second-order valence-electron chi connectivity index (χ2n) is 37.5. The molecule has 2 radical (unpaired) electrons. The predicted molar refractivity (Wildman–Crippen MR) is 577 cm³/mol. The summed E-state index contributed by atoms with van der Waals surface area (Å²) in [5.41, 5.74) is 55.3. The van der Waals surface area contributed by atoms with Gasteiger partial charge in [-0.3, -0.25) is 0 Å². The van der Waals surface area contributed by atoms with Crippen molar-refractivity contribution in [2.75, 3.05) is 0 Å². The molecular weight excluding hydrogens is 2020 g/mol. The summed E-state index contributed by atoms with van der Waals surface area (Å²) in [7, 11) is 0. The van der Waals surface area contributed by atoms with Gasteiger partial charge in [0.15, 0.2) is 0 Å². The molecule has 4 aliphatic heterocycles. The van der Waals surface area contributed by atoms with E-state index in [1.165, 1.54) is 188 Å². The molecule has 136 heavy (non-hydrogen) atoms. The number of rotatable bonds is 8. The van der Waals surface area contributed by atoms with Gasteiger partial charge in [-0.1, -0.05) is 268 Å². The molecule has 14 heteroatoms. The molecule has 16 aromatic rings. The van der Waals surface area contributed by atoms with Crippen molar-refractivity contribution >= 4 is 153 Å². The summed E-state index contributed by atoms with van der Waals surface area (Å²) in [6.07, 6.45) is 21.8. The van der Waals surface area contributed by atoms with Crippen LogP contribution in [0, 0.1) is 83.1 Å². The smallest absolute Gasteiger partial charge is 0.0744 e. The molecule has 0 unspecified atom stereocenters. The van der Waals surface area contributed by atoms with Crippen molar-refractivity contribution in [1.82, 2.24) is 19.9 Å². The monoisotopic (exact) mass is 2120 g/mol. The van der Waals surface area contributed by atoms with Gasteiger partial charge in [-0.05, 0) is 387 Å². The quantitative estimate of drug-likeness (QED) is 0.141. The third-order valence-corrected chi connectivity index (χ3v) is 29.8. The Morgan fingerprint density at radius 1 is 0.265 bits per heavy atom. The maximum Gasteiger partial charge on any atom is 0.0744 e. The zero-order valence-electron chi connectivity index (χ0n) is 78.6. The molecule has 8 heterocycles. The third kappa shape index (κ3) is 17.6. The molecule has 0 fully saturated rings. The zero-order valence-corrected chi connectivity index (χ0v) is 86.8. The Labute approximate surface area is 852 Å². The minimum absolute atomic E-state index is 0. The fraction of sp³-hybridized carbons (Fsp3) is 0.180. The second-order valence-corrected chi connectivity index (χ2v) is 41.1. The van der Waals surface area contributed by atoms with E-state index in [0.717, 1.165) is 182 Å².